The molecular weight excluding hydrogens is 346 g/mol. The maximum atomic E-state index is 12.2. The lowest BCUT2D eigenvalue weighted by Crippen LogP contribution is -2.55. The number of esters is 1. The number of nitrogens with one attached hydrogen (secondary N) is 1. The minimum atomic E-state index is -0.873. The normalized spacial score (nSPS) is 17.2. The van der Waals surface area contributed by atoms with Gasteiger partial charge in [-0.3, -0.25) is 4.79 Å². The number of benzene rings is 1. The van der Waals surface area contributed by atoms with Crippen molar-refractivity contribution in [2.45, 2.75) is 37.6 Å². The van der Waals surface area contributed by atoms with Crippen molar-refractivity contribution in [1.29, 1.82) is 0 Å². The number of ether oxygens (including phenoxy) is 1. The van der Waals surface area contributed by atoms with E-state index in [9.17, 15) is 9.59 Å². The Kier molecular flexibility index (Phi) is 5.77. The lowest BCUT2D eigenvalue weighted by Gasteiger charge is -2.34. The number of rotatable bonds is 4. The van der Waals surface area contributed by atoms with Gasteiger partial charge in [-0.2, -0.15) is 0 Å². The molecule has 0 spiro atoms. The van der Waals surface area contributed by atoms with Gasteiger partial charge in [0.15, 0.2) is 0 Å². The number of methoxy groups -OCH3 is 1. The Bertz CT molecular complexity index is 577. The Balaban J connectivity index is 2.08. The van der Waals surface area contributed by atoms with Gasteiger partial charge < -0.3 is 10.1 Å². The fourth-order valence-electron chi connectivity index (χ4n) is 2.78. The largest absolute Gasteiger partial charge is 0.467 e. The van der Waals surface area contributed by atoms with E-state index < -0.39 is 5.54 Å². The van der Waals surface area contributed by atoms with Crippen LogP contribution >= 0.6 is 15.9 Å². The molecule has 0 saturated heterocycles. The van der Waals surface area contributed by atoms with Crippen molar-refractivity contribution in [3.05, 3.63) is 40.4 Å². The predicted molar refractivity (Wildman–Crippen MR) is 89.2 cm³/mol. The lowest BCUT2D eigenvalue weighted by atomic mass is 9.81. The van der Waals surface area contributed by atoms with Crippen molar-refractivity contribution in [2.24, 2.45) is 0 Å². The van der Waals surface area contributed by atoms with Gasteiger partial charge in [0.2, 0.25) is 5.91 Å². The molecule has 1 aromatic rings. The maximum Gasteiger partial charge on any atom is 0.331 e. The van der Waals surface area contributed by atoms with Crippen LogP contribution in [-0.4, -0.2) is 24.5 Å². The zero-order valence-electron chi connectivity index (χ0n) is 12.6. The Morgan fingerprint density at radius 2 is 1.91 bits per heavy atom. The number of hydrogen-bond donors (Lipinski definition) is 1. The predicted octanol–water partition coefficient (Wildman–Crippen LogP) is 3.45. The number of amides is 1. The van der Waals surface area contributed by atoms with E-state index in [2.05, 4.69) is 21.2 Å². The first-order chi connectivity index (χ1) is 10.6. The van der Waals surface area contributed by atoms with E-state index in [1.165, 1.54) is 13.2 Å². The summed E-state index contributed by atoms with van der Waals surface area (Å²) in [7, 11) is 1.36. The average molecular weight is 366 g/mol. The van der Waals surface area contributed by atoms with Crippen molar-refractivity contribution < 1.29 is 14.3 Å². The van der Waals surface area contributed by atoms with Crippen LogP contribution in [0.3, 0.4) is 0 Å². The molecule has 1 saturated carbocycles. The number of carbonyl (C=O) groups excluding carboxylic acids is 2. The van der Waals surface area contributed by atoms with Gasteiger partial charge in [0, 0.05) is 10.5 Å². The molecule has 5 heteroatoms. The summed E-state index contributed by atoms with van der Waals surface area (Å²) < 4.78 is 5.81. The Hall–Kier alpha value is -1.62. The van der Waals surface area contributed by atoms with Crippen LogP contribution < -0.4 is 5.32 Å². The molecular formula is C17H20BrNO3. The molecule has 0 unspecified atom stereocenters. The third kappa shape index (κ3) is 3.97. The SMILES string of the molecule is COC(=O)C1(NC(=O)/C=C/c2ccccc2Br)CCCCC1. The Morgan fingerprint density at radius 3 is 2.55 bits per heavy atom. The van der Waals surface area contributed by atoms with Crippen molar-refractivity contribution in [2.75, 3.05) is 7.11 Å². The van der Waals surface area contributed by atoms with Gasteiger partial charge in [-0.25, -0.2) is 4.79 Å². The molecule has 1 aliphatic carbocycles. The topological polar surface area (TPSA) is 55.4 Å². The van der Waals surface area contributed by atoms with Crippen molar-refractivity contribution in [3.8, 4) is 0 Å². The Labute approximate surface area is 139 Å². The van der Waals surface area contributed by atoms with Gasteiger partial charge in [-0.15, -0.1) is 0 Å². The maximum absolute atomic E-state index is 12.2. The van der Waals surface area contributed by atoms with Gasteiger partial charge in [0.05, 0.1) is 7.11 Å². The molecule has 1 aromatic carbocycles. The summed E-state index contributed by atoms with van der Waals surface area (Å²) in [6.07, 6.45) is 7.38. The van der Waals surface area contributed by atoms with E-state index >= 15 is 0 Å². The first-order valence-corrected chi connectivity index (χ1v) is 8.20. The highest BCUT2D eigenvalue weighted by molar-refractivity contribution is 9.10. The van der Waals surface area contributed by atoms with Crippen molar-refractivity contribution >= 4 is 33.9 Å². The van der Waals surface area contributed by atoms with Crippen LogP contribution in [0.5, 0.6) is 0 Å². The third-order valence-electron chi connectivity index (χ3n) is 3.97. The minimum Gasteiger partial charge on any atom is -0.467 e. The minimum absolute atomic E-state index is 0.275. The molecule has 1 fully saturated rings. The zero-order valence-corrected chi connectivity index (χ0v) is 14.2. The molecule has 1 amide bonds. The quantitative estimate of drug-likeness (QED) is 0.656. The highest BCUT2D eigenvalue weighted by atomic mass is 79.9. The number of carbonyl (C=O) groups is 2. The molecule has 0 heterocycles. The van der Waals surface area contributed by atoms with Crippen LogP contribution in [0.4, 0.5) is 0 Å². The molecule has 1 aliphatic rings. The Morgan fingerprint density at radius 1 is 1.23 bits per heavy atom. The van der Waals surface area contributed by atoms with E-state index in [4.69, 9.17) is 4.74 Å². The van der Waals surface area contributed by atoms with Crippen LogP contribution in [0.25, 0.3) is 6.08 Å². The summed E-state index contributed by atoms with van der Waals surface area (Å²) >= 11 is 3.43. The molecule has 118 valence electrons. The molecule has 0 radical (unpaired) electrons. The average Bonchev–Trinajstić information content (AvgIpc) is 2.54. The third-order valence-corrected chi connectivity index (χ3v) is 4.69. The van der Waals surface area contributed by atoms with Gasteiger partial charge in [-0.1, -0.05) is 53.4 Å². The highest BCUT2D eigenvalue weighted by Crippen LogP contribution is 2.29. The molecule has 0 aromatic heterocycles. The van der Waals surface area contributed by atoms with Crippen LogP contribution in [0.2, 0.25) is 0 Å². The first-order valence-electron chi connectivity index (χ1n) is 7.40. The van der Waals surface area contributed by atoms with E-state index in [0.717, 1.165) is 29.3 Å². The molecule has 1 N–H and O–H groups in total. The molecule has 0 atom stereocenters. The van der Waals surface area contributed by atoms with Gasteiger partial charge >= 0.3 is 5.97 Å². The van der Waals surface area contributed by atoms with Crippen LogP contribution in [0.15, 0.2) is 34.8 Å². The van der Waals surface area contributed by atoms with Gasteiger partial charge in [-0.05, 0) is 30.5 Å². The van der Waals surface area contributed by atoms with E-state index in [-0.39, 0.29) is 11.9 Å². The smallest absolute Gasteiger partial charge is 0.331 e. The summed E-state index contributed by atoms with van der Waals surface area (Å²) in [5, 5.41) is 2.86. The van der Waals surface area contributed by atoms with Crippen LogP contribution in [-0.2, 0) is 14.3 Å². The van der Waals surface area contributed by atoms with E-state index in [1.807, 2.05) is 24.3 Å². The molecule has 2 rings (SSSR count). The summed E-state index contributed by atoms with van der Waals surface area (Å²) in [4.78, 5) is 24.3. The molecule has 0 bridgehead atoms. The fraction of sp³-hybridized carbons (Fsp3) is 0.412. The van der Waals surface area contributed by atoms with Gasteiger partial charge in [0.25, 0.3) is 0 Å². The lowest BCUT2D eigenvalue weighted by molar-refractivity contribution is -0.152. The second kappa shape index (κ2) is 7.58. The highest BCUT2D eigenvalue weighted by Gasteiger charge is 2.41. The van der Waals surface area contributed by atoms with E-state index in [0.29, 0.717) is 12.8 Å². The first kappa shape index (κ1) is 16.7. The number of halogens is 1. The summed E-state index contributed by atoms with van der Waals surface area (Å²) in [6.45, 7) is 0. The summed E-state index contributed by atoms with van der Waals surface area (Å²) in [6, 6.07) is 7.63. The van der Waals surface area contributed by atoms with Crippen molar-refractivity contribution in [3.63, 3.8) is 0 Å². The summed E-state index contributed by atoms with van der Waals surface area (Å²) in [5.74, 6) is -0.627. The number of hydrogen-bond acceptors (Lipinski definition) is 3. The second-order valence-corrected chi connectivity index (χ2v) is 6.33. The fourth-order valence-corrected chi connectivity index (χ4v) is 3.20. The van der Waals surface area contributed by atoms with Crippen molar-refractivity contribution in [1.82, 2.24) is 5.32 Å². The summed E-state index contributed by atoms with van der Waals surface area (Å²) in [5.41, 5.74) is 0.0379. The second-order valence-electron chi connectivity index (χ2n) is 5.48. The van der Waals surface area contributed by atoms with Gasteiger partial charge in [0.1, 0.15) is 5.54 Å². The van der Waals surface area contributed by atoms with E-state index in [1.54, 1.807) is 6.08 Å². The monoisotopic (exact) mass is 365 g/mol. The molecule has 0 aliphatic heterocycles. The molecule has 22 heavy (non-hydrogen) atoms. The van der Waals surface area contributed by atoms with Crippen LogP contribution in [0, 0.1) is 0 Å². The standard InChI is InChI=1S/C17H20BrNO3/c1-22-16(21)17(11-5-2-6-12-17)19-15(20)10-9-13-7-3-4-8-14(13)18/h3-4,7-10H,2,5-6,11-12H2,1H3,(H,19,20)/b10-9+. The molecule has 4 nitrogen and oxygen atoms in total. The van der Waals surface area contributed by atoms with Crippen LogP contribution in [0.1, 0.15) is 37.7 Å². The zero-order chi connectivity index (χ0) is 16.0.